The maximum atomic E-state index is 2.30. The normalized spacial score (nSPS) is 11.3. The number of hydrogen-bond donors (Lipinski definition) is 0. The molecule has 0 aliphatic carbocycles. The maximum absolute atomic E-state index is 2.30. The summed E-state index contributed by atoms with van der Waals surface area (Å²) >= 11 is 3.55. The van der Waals surface area contributed by atoms with Gasteiger partial charge in [-0.1, -0.05) is 77.3 Å². The minimum atomic E-state index is 1.17. The summed E-state index contributed by atoms with van der Waals surface area (Å²) in [6.45, 7) is 0. The summed E-state index contributed by atoms with van der Waals surface area (Å²) in [5.74, 6) is 0. The molecule has 0 atom stereocenters. The van der Waals surface area contributed by atoms with E-state index in [4.69, 9.17) is 0 Å². The number of benzene rings is 4. The molecule has 30 heavy (non-hydrogen) atoms. The fourth-order valence-corrected chi connectivity index (χ4v) is 5.71. The largest absolute Gasteiger partial charge is 0.231 e. The lowest BCUT2D eigenvalue weighted by atomic mass is 10.0. The number of rotatable bonds is 3. The van der Waals surface area contributed by atoms with Crippen molar-refractivity contribution < 1.29 is 9.13 Å². The average molecular weight is 423 g/mol. The van der Waals surface area contributed by atoms with Gasteiger partial charge in [0.25, 0.3) is 0 Å². The van der Waals surface area contributed by atoms with Gasteiger partial charge in [-0.2, -0.15) is 0 Å². The van der Waals surface area contributed by atoms with Gasteiger partial charge in [-0.15, -0.1) is 9.13 Å². The van der Waals surface area contributed by atoms with Crippen LogP contribution in [0.5, 0.6) is 0 Å². The minimum Gasteiger partial charge on any atom is -0.149 e. The van der Waals surface area contributed by atoms with Crippen LogP contribution < -0.4 is 9.13 Å². The van der Waals surface area contributed by atoms with E-state index in [9.17, 15) is 0 Å². The van der Waals surface area contributed by atoms with Gasteiger partial charge in [-0.3, -0.25) is 0 Å². The third-order valence-corrected chi connectivity index (χ3v) is 7.22. The number of thiazole rings is 2. The Morgan fingerprint density at radius 3 is 1.53 bits per heavy atom. The topological polar surface area (TPSA) is 7.76 Å². The van der Waals surface area contributed by atoms with Gasteiger partial charge in [0, 0.05) is 24.3 Å². The fraction of sp³-hybridized carbons (Fsp3) is 0. The maximum Gasteiger partial charge on any atom is 0.231 e. The summed E-state index contributed by atoms with van der Waals surface area (Å²) in [4.78, 5) is 0. The van der Waals surface area contributed by atoms with Gasteiger partial charge in [0.2, 0.25) is 33.4 Å². The first-order chi connectivity index (χ1) is 14.9. The molecule has 0 aliphatic rings. The molecule has 0 radical (unpaired) electrons. The van der Waals surface area contributed by atoms with Gasteiger partial charge < -0.3 is 0 Å². The van der Waals surface area contributed by atoms with Gasteiger partial charge in [-0.25, -0.2) is 0 Å². The molecule has 0 N–H and O–H groups in total. The van der Waals surface area contributed by atoms with Gasteiger partial charge in [0.15, 0.2) is 0 Å². The van der Waals surface area contributed by atoms with Crippen molar-refractivity contribution in [2.45, 2.75) is 0 Å². The molecular formula is C26H18N2S2+2. The molecule has 4 aromatic carbocycles. The summed E-state index contributed by atoms with van der Waals surface area (Å²) in [5, 5.41) is 0. The lowest BCUT2D eigenvalue weighted by Gasteiger charge is -2.04. The van der Waals surface area contributed by atoms with E-state index in [0.717, 1.165) is 0 Å². The number of hydrogen-bond acceptors (Lipinski definition) is 2. The Morgan fingerprint density at radius 2 is 0.967 bits per heavy atom. The molecule has 4 heteroatoms. The SMILES string of the molecule is c1ccc(-c2cc(-[n+]3csc4ccccc43)cc(-[n+]3csc4ccccc43)c2)cc1. The van der Waals surface area contributed by atoms with Crippen LogP contribution in [0.4, 0.5) is 0 Å². The van der Waals surface area contributed by atoms with E-state index in [2.05, 4.69) is 117 Å². The summed E-state index contributed by atoms with van der Waals surface area (Å²) in [6, 6.07) is 34.6. The summed E-state index contributed by atoms with van der Waals surface area (Å²) in [6.07, 6.45) is 0. The Balaban J connectivity index is 1.63. The molecule has 2 heterocycles. The zero-order valence-corrected chi connectivity index (χ0v) is 17.7. The van der Waals surface area contributed by atoms with Crippen LogP contribution in [0.3, 0.4) is 0 Å². The van der Waals surface area contributed by atoms with Crippen molar-refractivity contribution >= 4 is 43.1 Å². The highest BCUT2D eigenvalue weighted by molar-refractivity contribution is 7.16. The van der Waals surface area contributed by atoms with Crippen LogP contribution >= 0.6 is 22.7 Å². The first-order valence-corrected chi connectivity index (χ1v) is 11.6. The first-order valence-electron chi connectivity index (χ1n) is 9.84. The van der Waals surface area contributed by atoms with Crippen LogP contribution in [0.2, 0.25) is 0 Å². The van der Waals surface area contributed by atoms with Crippen molar-refractivity contribution in [2.75, 3.05) is 0 Å². The van der Waals surface area contributed by atoms with Crippen molar-refractivity contribution in [2.24, 2.45) is 0 Å². The highest BCUT2D eigenvalue weighted by Gasteiger charge is 2.22. The highest BCUT2D eigenvalue weighted by atomic mass is 32.1. The average Bonchev–Trinajstić information content (AvgIpc) is 3.44. The van der Waals surface area contributed by atoms with Gasteiger partial charge in [-0.05, 0) is 23.3 Å². The van der Waals surface area contributed by atoms with E-state index in [1.807, 2.05) is 0 Å². The van der Waals surface area contributed by atoms with E-state index in [1.165, 1.54) is 42.9 Å². The Labute approximate surface area is 182 Å². The van der Waals surface area contributed by atoms with Crippen LogP contribution in [0.15, 0.2) is 108 Å². The van der Waals surface area contributed by atoms with E-state index < -0.39 is 0 Å². The van der Waals surface area contributed by atoms with Crippen molar-refractivity contribution in [3.05, 3.63) is 108 Å². The number of nitrogens with zero attached hydrogens (tertiary/aromatic N) is 2. The highest BCUT2D eigenvalue weighted by Crippen LogP contribution is 2.26. The lowest BCUT2D eigenvalue weighted by molar-refractivity contribution is -0.570. The molecule has 0 saturated carbocycles. The molecule has 0 spiro atoms. The molecule has 0 fully saturated rings. The smallest absolute Gasteiger partial charge is 0.149 e. The molecule has 6 aromatic rings. The van der Waals surface area contributed by atoms with Crippen LogP contribution in [0.1, 0.15) is 0 Å². The second-order valence-corrected chi connectivity index (χ2v) is 9.00. The van der Waals surface area contributed by atoms with Crippen molar-refractivity contribution in [1.82, 2.24) is 0 Å². The first kappa shape index (κ1) is 17.5. The summed E-state index contributed by atoms with van der Waals surface area (Å²) in [5.41, 5.74) is 11.7. The van der Waals surface area contributed by atoms with Gasteiger partial charge in [0.1, 0.15) is 9.40 Å². The third kappa shape index (κ3) is 2.93. The lowest BCUT2D eigenvalue weighted by Crippen LogP contribution is -2.32. The van der Waals surface area contributed by atoms with Crippen molar-refractivity contribution in [3.8, 4) is 22.5 Å². The Kier molecular flexibility index (Phi) is 4.18. The molecule has 0 amide bonds. The molecule has 0 aliphatic heterocycles. The minimum absolute atomic E-state index is 1.17. The molecule has 0 unspecified atom stereocenters. The van der Waals surface area contributed by atoms with Crippen molar-refractivity contribution in [3.63, 3.8) is 0 Å². The number of aromatic nitrogens is 2. The van der Waals surface area contributed by atoms with Crippen LogP contribution in [-0.4, -0.2) is 0 Å². The van der Waals surface area contributed by atoms with E-state index in [1.54, 1.807) is 22.7 Å². The molecule has 2 nitrogen and oxygen atoms in total. The zero-order chi connectivity index (χ0) is 19.9. The predicted molar refractivity (Wildman–Crippen MR) is 126 cm³/mol. The molecule has 6 rings (SSSR count). The third-order valence-electron chi connectivity index (χ3n) is 5.39. The predicted octanol–water partition coefficient (Wildman–Crippen LogP) is 6.34. The van der Waals surface area contributed by atoms with Gasteiger partial charge >= 0.3 is 0 Å². The molecular weight excluding hydrogens is 404 g/mol. The zero-order valence-electron chi connectivity index (χ0n) is 16.1. The molecule has 0 bridgehead atoms. The Hall–Kier alpha value is -3.34. The van der Waals surface area contributed by atoms with Crippen LogP contribution in [0.25, 0.3) is 42.9 Å². The fourth-order valence-electron chi connectivity index (χ4n) is 3.91. The monoisotopic (exact) mass is 422 g/mol. The van der Waals surface area contributed by atoms with E-state index in [0.29, 0.717) is 0 Å². The standard InChI is InChI=1S/C26H18N2S2/c1-2-8-19(9-3-1)20-14-21(27-17-29-25-12-6-4-10-23(25)27)16-22(15-20)28-18-30-26-13-7-5-11-24(26)28/h1-18H/q+2. The van der Waals surface area contributed by atoms with Gasteiger partial charge in [0.05, 0.1) is 6.07 Å². The van der Waals surface area contributed by atoms with Crippen molar-refractivity contribution in [1.29, 1.82) is 0 Å². The van der Waals surface area contributed by atoms with E-state index in [-0.39, 0.29) is 0 Å². The van der Waals surface area contributed by atoms with Crippen LogP contribution in [-0.2, 0) is 0 Å². The quantitative estimate of drug-likeness (QED) is 0.294. The second-order valence-electron chi connectivity index (χ2n) is 7.23. The summed E-state index contributed by atoms with van der Waals surface area (Å²) < 4.78 is 7.17. The second kappa shape index (κ2) is 7.17. The van der Waals surface area contributed by atoms with E-state index >= 15 is 0 Å². The molecule has 142 valence electrons. The Morgan fingerprint density at radius 1 is 0.467 bits per heavy atom. The number of fused-ring (bicyclic) bond motifs is 2. The molecule has 2 aromatic heterocycles. The molecule has 0 saturated heterocycles. The number of para-hydroxylation sites is 2. The Bertz CT molecular complexity index is 1400. The summed E-state index contributed by atoms with van der Waals surface area (Å²) in [7, 11) is 0. The van der Waals surface area contributed by atoms with Crippen LogP contribution in [0, 0.1) is 0 Å².